The van der Waals surface area contributed by atoms with Crippen LogP contribution >= 0.6 is 0 Å². The predicted octanol–water partition coefficient (Wildman–Crippen LogP) is 4.51. The molecule has 0 amide bonds. The van der Waals surface area contributed by atoms with Crippen molar-refractivity contribution in [2.45, 2.75) is 31.0 Å². The van der Waals surface area contributed by atoms with Crippen molar-refractivity contribution in [2.75, 3.05) is 33.4 Å². The topological polar surface area (TPSA) is 99.5 Å². The average molecular weight is 542 g/mol. The monoisotopic (exact) mass is 541 g/mol. The van der Waals surface area contributed by atoms with Crippen LogP contribution < -0.4 is 9.47 Å². The van der Waals surface area contributed by atoms with Gasteiger partial charge in [-0.2, -0.15) is 0 Å². The minimum Gasteiger partial charge on any atom is -0.493 e. The fraction of sp³-hybridized carbons (Fsp3) is 0.367. The number of benzene rings is 3. The van der Waals surface area contributed by atoms with E-state index in [1.807, 2.05) is 0 Å². The smallest absolute Gasteiger partial charge is 0.337 e. The van der Waals surface area contributed by atoms with Crippen LogP contribution in [-0.2, 0) is 10.4 Å². The van der Waals surface area contributed by atoms with Gasteiger partial charge in [0, 0.05) is 6.54 Å². The molecule has 4 rings (SSSR count). The Morgan fingerprint density at radius 3 is 2.05 bits per heavy atom. The van der Waals surface area contributed by atoms with Crippen LogP contribution in [0.25, 0.3) is 0 Å². The number of methoxy groups -OCH3 is 1. The summed E-state index contributed by atoms with van der Waals surface area (Å²) in [6.07, 6.45) is 0.494. The first-order chi connectivity index (χ1) is 18.7. The van der Waals surface area contributed by atoms with E-state index in [1.54, 1.807) is 30.3 Å². The number of ether oxygens (including phenoxy) is 2. The van der Waals surface area contributed by atoms with Crippen molar-refractivity contribution in [1.29, 1.82) is 0 Å². The Hall–Kier alpha value is -3.53. The molecule has 0 aromatic heterocycles. The number of piperidine rings is 1. The number of hydrogen-bond acceptors (Lipinski definition) is 6. The number of carbonyl (C=O) groups is 1. The number of carboxylic acids is 1. The normalized spacial score (nSPS) is 15.6. The first kappa shape index (κ1) is 28.5. The number of rotatable bonds is 11. The number of halogens is 2. The van der Waals surface area contributed by atoms with E-state index in [4.69, 9.17) is 14.6 Å². The van der Waals surface area contributed by atoms with Crippen LogP contribution in [-0.4, -0.2) is 59.5 Å². The SMILES string of the molecule is COc1cc(C(O)C(=O)O)ccc1OCCCN1CCC(C(O)(c2ccc(F)cc2)c2ccc(F)cc2)CC1. The first-order valence-electron chi connectivity index (χ1n) is 12.9. The Morgan fingerprint density at radius 1 is 0.974 bits per heavy atom. The van der Waals surface area contributed by atoms with Gasteiger partial charge >= 0.3 is 5.97 Å². The number of likely N-dealkylation sites (tertiary alicyclic amines) is 1. The third-order valence-corrected chi connectivity index (χ3v) is 7.36. The van der Waals surface area contributed by atoms with Crippen molar-refractivity contribution < 1.29 is 38.4 Å². The highest BCUT2D eigenvalue weighted by molar-refractivity contribution is 5.74. The summed E-state index contributed by atoms with van der Waals surface area (Å²) in [7, 11) is 1.45. The highest BCUT2D eigenvalue weighted by Crippen LogP contribution is 2.42. The molecule has 9 heteroatoms. The van der Waals surface area contributed by atoms with Gasteiger partial charge in [-0.25, -0.2) is 13.6 Å². The zero-order valence-electron chi connectivity index (χ0n) is 21.7. The van der Waals surface area contributed by atoms with Gasteiger partial charge in [0.1, 0.15) is 17.2 Å². The van der Waals surface area contributed by atoms with Crippen LogP contribution in [0.1, 0.15) is 42.1 Å². The van der Waals surface area contributed by atoms with Crippen molar-refractivity contribution in [2.24, 2.45) is 5.92 Å². The van der Waals surface area contributed by atoms with Crippen molar-refractivity contribution in [1.82, 2.24) is 4.90 Å². The number of aliphatic hydroxyl groups excluding tert-OH is 1. The number of aliphatic carboxylic acids is 1. The molecule has 208 valence electrons. The molecule has 1 heterocycles. The summed E-state index contributed by atoms with van der Waals surface area (Å²) in [6.45, 7) is 2.68. The summed E-state index contributed by atoms with van der Waals surface area (Å²) in [5, 5.41) is 30.7. The number of hydrogen-bond donors (Lipinski definition) is 3. The van der Waals surface area contributed by atoms with Gasteiger partial charge < -0.3 is 29.7 Å². The standard InChI is InChI=1S/C30H33F2NO6/c1-38-27-19-20(28(34)29(35)36)3-12-26(27)39-18-2-15-33-16-13-23(14-17-33)30(37,21-4-8-24(31)9-5-21)22-6-10-25(32)11-7-22/h3-12,19,23,28,34,37H,2,13-18H2,1H3,(H,35,36). The van der Waals surface area contributed by atoms with Gasteiger partial charge in [0.15, 0.2) is 17.6 Å². The summed E-state index contributed by atoms with van der Waals surface area (Å²) in [4.78, 5) is 13.3. The van der Waals surface area contributed by atoms with Crippen molar-refractivity contribution in [3.8, 4) is 11.5 Å². The van der Waals surface area contributed by atoms with E-state index in [2.05, 4.69) is 4.90 Å². The fourth-order valence-corrected chi connectivity index (χ4v) is 5.21. The molecule has 3 aromatic carbocycles. The zero-order valence-corrected chi connectivity index (χ0v) is 21.7. The van der Waals surface area contributed by atoms with Crippen molar-refractivity contribution in [3.63, 3.8) is 0 Å². The fourth-order valence-electron chi connectivity index (χ4n) is 5.21. The third-order valence-electron chi connectivity index (χ3n) is 7.36. The molecular weight excluding hydrogens is 508 g/mol. The molecule has 3 aromatic rings. The van der Waals surface area contributed by atoms with Gasteiger partial charge in [0.05, 0.1) is 13.7 Å². The second-order valence-corrected chi connectivity index (χ2v) is 9.75. The lowest BCUT2D eigenvalue weighted by Crippen LogP contribution is -2.44. The lowest BCUT2D eigenvalue weighted by Gasteiger charge is -2.42. The highest BCUT2D eigenvalue weighted by atomic mass is 19.1. The lowest BCUT2D eigenvalue weighted by molar-refractivity contribution is -0.146. The molecule has 0 aliphatic carbocycles. The van der Waals surface area contributed by atoms with Crippen LogP contribution in [0.15, 0.2) is 66.7 Å². The summed E-state index contributed by atoms with van der Waals surface area (Å²) in [6, 6.07) is 16.2. The van der Waals surface area contributed by atoms with E-state index in [0.717, 1.165) is 26.1 Å². The van der Waals surface area contributed by atoms with Gasteiger partial charge in [-0.05, 0) is 91.4 Å². The Balaban J connectivity index is 1.34. The molecule has 1 fully saturated rings. The molecular formula is C30H33F2NO6. The van der Waals surface area contributed by atoms with E-state index in [9.17, 15) is 23.8 Å². The van der Waals surface area contributed by atoms with Crippen LogP contribution in [0.4, 0.5) is 8.78 Å². The van der Waals surface area contributed by atoms with Crippen LogP contribution in [0.5, 0.6) is 11.5 Å². The quantitative estimate of drug-likeness (QED) is 0.307. The van der Waals surface area contributed by atoms with Gasteiger partial charge in [-0.1, -0.05) is 30.3 Å². The van der Waals surface area contributed by atoms with Crippen LogP contribution in [0.2, 0.25) is 0 Å². The Morgan fingerprint density at radius 2 is 1.54 bits per heavy atom. The van der Waals surface area contributed by atoms with Crippen molar-refractivity contribution in [3.05, 3.63) is 95.1 Å². The molecule has 7 nitrogen and oxygen atoms in total. The Kier molecular flexibility index (Phi) is 9.16. The summed E-state index contributed by atoms with van der Waals surface area (Å²) in [5.74, 6) is -1.45. The number of carboxylic acid groups (broad SMARTS) is 1. The van der Waals surface area contributed by atoms with Crippen molar-refractivity contribution >= 4 is 5.97 Å². The molecule has 39 heavy (non-hydrogen) atoms. The largest absolute Gasteiger partial charge is 0.493 e. The summed E-state index contributed by atoms with van der Waals surface area (Å²) in [5.41, 5.74) is 0.000251. The number of nitrogens with zero attached hydrogens (tertiary/aromatic N) is 1. The maximum atomic E-state index is 13.6. The predicted molar refractivity (Wildman–Crippen MR) is 141 cm³/mol. The average Bonchev–Trinajstić information content (AvgIpc) is 2.95. The van der Waals surface area contributed by atoms with E-state index in [-0.39, 0.29) is 23.1 Å². The van der Waals surface area contributed by atoms with Gasteiger partial charge in [-0.3, -0.25) is 0 Å². The summed E-state index contributed by atoms with van der Waals surface area (Å²) >= 11 is 0. The van der Waals surface area contributed by atoms with E-state index >= 15 is 0 Å². The molecule has 1 unspecified atom stereocenters. The summed E-state index contributed by atoms with van der Waals surface area (Å²) < 4.78 is 38.4. The molecule has 0 radical (unpaired) electrons. The zero-order chi connectivity index (χ0) is 28.0. The van der Waals surface area contributed by atoms with Gasteiger partial charge in [-0.15, -0.1) is 0 Å². The third kappa shape index (κ3) is 6.55. The van der Waals surface area contributed by atoms with Crippen LogP contribution in [0.3, 0.4) is 0 Å². The molecule has 1 aliphatic heterocycles. The molecule has 0 saturated carbocycles. The van der Waals surface area contributed by atoms with E-state index in [1.165, 1.54) is 43.5 Å². The lowest BCUT2D eigenvalue weighted by atomic mass is 9.72. The van der Waals surface area contributed by atoms with Gasteiger partial charge in [0.25, 0.3) is 0 Å². The molecule has 1 saturated heterocycles. The van der Waals surface area contributed by atoms with Gasteiger partial charge in [0.2, 0.25) is 0 Å². The second-order valence-electron chi connectivity index (χ2n) is 9.75. The maximum Gasteiger partial charge on any atom is 0.337 e. The Labute approximate surface area is 226 Å². The minimum atomic E-state index is -1.64. The molecule has 0 bridgehead atoms. The molecule has 1 atom stereocenters. The Bertz CT molecular complexity index is 1200. The molecule has 3 N–H and O–H groups in total. The van der Waals surface area contributed by atoms with E-state index in [0.29, 0.717) is 42.1 Å². The van der Waals surface area contributed by atoms with Crippen LogP contribution in [0, 0.1) is 17.6 Å². The molecule has 1 aliphatic rings. The maximum absolute atomic E-state index is 13.6. The first-order valence-corrected chi connectivity index (χ1v) is 12.9. The van der Waals surface area contributed by atoms with E-state index < -0.39 is 17.7 Å². The second kappa shape index (κ2) is 12.5. The number of aliphatic hydroxyl groups is 2. The molecule has 0 spiro atoms. The minimum absolute atomic E-state index is 0.134. The highest BCUT2D eigenvalue weighted by Gasteiger charge is 2.41.